The van der Waals surface area contributed by atoms with Crippen molar-refractivity contribution >= 4 is 11.8 Å². The van der Waals surface area contributed by atoms with E-state index in [-0.39, 0.29) is 24.5 Å². The molecule has 1 atom stereocenters. The molecule has 5 heteroatoms. The summed E-state index contributed by atoms with van der Waals surface area (Å²) in [5.74, 6) is 0.129. The fraction of sp³-hybridized carbons (Fsp3) is 0.846. The van der Waals surface area contributed by atoms with Gasteiger partial charge in [0, 0.05) is 26.1 Å². The quantitative estimate of drug-likeness (QED) is 0.774. The molecular formula is C13H22N2O3. The maximum atomic E-state index is 12.1. The number of amides is 2. The van der Waals surface area contributed by atoms with Gasteiger partial charge in [-0.2, -0.15) is 0 Å². The standard InChI is InChI=1S/C13H22N2O3/c16-11-4-3-8-14(9-6-11)13(18)10-15-7-2-1-5-12(15)17/h11,16H,1-10H2/t11-/m0/s1. The molecule has 0 bridgehead atoms. The number of aliphatic hydroxyl groups excluding tert-OH is 1. The monoisotopic (exact) mass is 254 g/mol. The van der Waals surface area contributed by atoms with Crippen LogP contribution in [0.2, 0.25) is 0 Å². The minimum Gasteiger partial charge on any atom is -0.393 e. The lowest BCUT2D eigenvalue weighted by Gasteiger charge is -2.29. The van der Waals surface area contributed by atoms with Gasteiger partial charge in [0.1, 0.15) is 0 Å². The molecule has 0 aliphatic carbocycles. The fourth-order valence-electron chi connectivity index (χ4n) is 2.62. The third kappa shape index (κ3) is 3.45. The molecule has 2 fully saturated rings. The van der Waals surface area contributed by atoms with Crippen LogP contribution in [-0.4, -0.2) is 59.0 Å². The molecule has 2 aliphatic rings. The molecule has 18 heavy (non-hydrogen) atoms. The van der Waals surface area contributed by atoms with Crippen molar-refractivity contribution in [3.05, 3.63) is 0 Å². The Hall–Kier alpha value is -1.10. The summed E-state index contributed by atoms with van der Waals surface area (Å²) in [6, 6.07) is 0. The first-order valence-electron chi connectivity index (χ1n) is 6.90. The van der Waals surface area contributed by atoms with Crippen LogP contribution >= 0.6 is 0 Å². The molecule has 0 unspecified atom stereocenters. The van der Waals surface area contributed by atoms with Crippen molar-refractivity contribution in [2.75, 3.05) is 26.2 Å². The van der Waals surface area contributed by atoms with Gasteiger partial charge in [-0.3, -0.25) is 9.59 Å². The molecule has 5 nitrogen and oxygen atoms in total. The number of piperidine rings is 1. The first-order valence-corrected chi connectivity index (χ1v) is 6.90. The normalized spacial score (nSPS) is 26.1. The minimum absolute atomic E-state index is 0.0272. The molecule has 0 spiro atoms. The van der Waals surface area contributed by atoms with E-state index in [0.29, 0.717) is 32.5 Å². The summed E-state index contributed by atoms with van der Waals surface area (Å²) in [5.41, 5.74) is 0. The molecule has 2 heterocycles. The second-order valence-corrected chi connectivity index (χ2v) is 5.24. The average Bonchev–Trinajstić information content (AvgIpc) is 2.57. The summed E-state index contributed by atoms with van der Waals surface area (Å²) < 4.78 is 0. The maximum Gasteiger partial charge on any atom is 0.242 e. The van der Waals surface area contributed by atoms with E-state index in [9.17, 15) is 14.7 Å². The van der Waals surface area contributed by atoms with Gasteiger partial charge in [0.2, 0.25) is 11.8 Å². The molecule has 2 rings (SSSR count). The number of rotatable bonds is 2. The first-order chi connectivity index (χ1) is 8.66. The number of carbonyl (C=O) groups excluding carboxylic acids is 2. The fourth-order valence-corrected chi connectivity index (χ4v) is 2.62. The number of likely N-dealkylation sites (tertiary alicyclic amines) is 2. The second kappa shape index (κ2) is 6.18. The molecule has 2 aliphatic heterocycles. The third-order valence-electron chi connectivity index (χ3n) is 3.80. The van der Waals surface area contributed by atoms with Gasteiger partial charge in [0.15, 0.2) is 0 Å². The van der Waals surface area contributed by atoms with Gasteiger partial charge in [-0.05, 0) is 32.1 Å². The molecule has 0 aromatic rings. The molecule has 0 aromatic carbocycles. The van der Waals surface area contributed by atoms with Gasteiger partial charge in [-0.1, -0.05) is 0 Å². The maximum absolute atomic E-state index is 12.1. The Labute approximate surface area is 108 Å². The van der Waals surface area contributed by atoms with Crippen LogP contribution in [0.25, 0.3) is 0 Å². The zero-order valence-electron chi connectivity index (χ0n) is 10.8. The zero-order chi connectivity index (χ0) is 13.0. The lowest BCUT2D eigenvalue weighted by Crippen LogP contribution is -2.45. The van der Waals surface area contributed by atoms with E-state index in [2.05, 4.69) is 0 Å². The lowest BCUT2D eigenvalue weighted by atomic mass is 10.1. The Morgan fingerprint density at radius 2 is 2.00 bits per heavy atom. The SMILES string of the molecule is O=C(CN1CCCCC1=O)N1CCC[C@H](O)CC1. The van der Waals surface area contributed by atoms with E-state index >= 15 is 0 Å². The summed E-state index contributed by atoms with van der Waals surface area (Å²) in [7, 11) is 0. The Morgan fingerprint density at radius 1 is 1.17 bits per heavy atom. The highest BCUT2D eigenvalue weighted by molar-refractivity contribution is 5.85. The molecular weight excluding hydrogens is 232 g/mol. The van der Waals surface area contributed by atoms with Gasteiger partial charge in [0.05, 0.1) is 12.6 Å². The topological polar surface area (TPSA) is 60.9 Å². The molecule has 2 saturated heterocycles. The van der Waals surface area contributed by atoms with Gasteiger partial charge in [-0.25, -0.2) is 0 Å². The number of aliphatic hydroxyl groups is 1. The highest BCUT2D eigenvalue weighted by Crippen LogP contribution is 2.13. The van der Waals surface area contributed by atoms with Gasteiger partial charge in [-0.15, -0.1) is 0 Å². The first kappa shape index (κ1) is 13.3. The molecule has 0 radical (unpaired) electrons. The van der Waals surface area contributed by atoms with Crippen LogP contribution in [0.4, 0.5) is 0 Å². The van der Waals surface area contributed by atoms with E-state index in [1.807, 2.05) is 0 Å². The van der Waals surface area contributed by atoms with Crippen LogP contribution < -0.4 is 0 Å². The van der Waals surface area contributed by atoms with Crippen molar-refractivity contribution in [2.45, 2.75) is 44.6 Å². The molecule has 2 amide bonds. The predicted octanol–water partition coefficient (Wildman–Crippen LogP) is 0.372. The predicted molar refractivity (Wildman–Crippen MR) is 66.9 cm³/mol. The van der Waals surface area contributed by atoms with Crippen LogP contribution in [0.15, 0.2) is 0 Å². The van der Waals surface area contributed by atoms with E-state index in [1.165, 1.54) is 0 Å². The lowest BCUT2D eigenvalue weighted by molar-refractivity contribution is -0.141. The van der Waals surface area contributed by atoms with E-state index in [4.69, 9.17) is 0 Å². The van der Waals surface area contributed by atoms with Crippen LogP contribution in [0.3, 0.4) is 0 Å². The van der Waals surface area contributed by atoms with Crippen molar-refractivity contribution in [3.8, 4) is 0 Å². The molecule has 1 N–H and O–H groups in total. The highest BCUT2D eigenvalue weighted by Gasteiger charge is 2.24. The Balaban J connectivity index is 1.84. The second-order valence-electron chi connectivity index (χ2n) is 5.24. The summed E-state index contributed by atoms with van der Waals surface area (Å²) in [5, 5.41) is 9.55. The van der Waals surface area contributed by atoms with Crippen LogP contribution in [0.1, 0.15) is 38.5 Å². The Morgan fingerprint density at radius 3 is 2.78 bits per heavy atom. The minimum atomic E-state index is -0.278. The molecule has 0 aromatic heterocycles. The summed E-state index contributed by atoms with van der Waals surface area (Å²) in [6.07, 6.45) is 4.51. The van der Waals surface area contributed by atoms with Gasteiger partial charge in [0.25, 0.3) is 0 Å². The number of hydrogen-bond acceptors (Lipinski definition) is 3. The average molecular weight is 254 g/mol. The van der Waals surface area contributed by atoms with E-state index < -0.39 is 0 Å². The Kier molecular flexibility index (Phi) is 4.58. The number of nitrogens with zero attached hydrogens (tertiary/aromatic N) is 2. The van der Waals surface area contributed by atoms with Crippen molar-refractivity contribution < 1.29 is 14.7 Å². The van der Waals surface area contributed by atoms with Gasteiger partial charge >= 0.3 is 0 Å². The smallest absolute Gasteiger partial charge is 0.242 e. The summed E-state index contributed by atoms with van der Waals surface area (Å²) in [6.45, 7) is 2.25. The van der Waals surface area contributed by atoms with Crippen molar-refractivity contribution in [1.29, 1.82) is 0 Å². The summed E-state index contributed by atoms with van der Waals surface area (Å²) in [4.78, 5) is 27.2. The van der Waals surface area contributed by atoms with Crippen molar-refractivity contribution in [3.63, 3.8) is 0 Å². The third-order valence-corrected chi connectivity index (χ3v) is 3.80. The van der Waals surface area contributed by atoms with Crippen LogP contribution in [-0.2, 0) is 9.59 Å². The molecule has 0 saturated carbocycles. The van der Waals surface area contributed by atoms with Crippen molar-refractivity contribution in [2.24, 2.45) is 0 Å². The largest absolute Gasteiger partial charge is 0.393 e. The highest BCUT2D eigenvalue weighted by atomic mass is 16.3. The van der Waals surface area contributed by atoms with Crippen molar-refractivity contribution in [1.82, 2.24) is 9.80 Å². The molecule has 102 valence electrons. The Bertz CT molecular complexity index is 319. The van der Waals surface area contributed by atoms with Crippen LogP contribution in [0, 0.1) is 0 Å². The zero-order valence-corrected chi connectivity index (χ0v) is 10.8. The number of hydrogen-bond donors (Lipinski definition) is 1. The van der Waals surface area contributed by atoms with E-state index in [0.717, 1.165) is 25.7 Å². The van der Waals surface area contributed by atoms with E-state index in [1.54, 1.807) is 9.80 Å². The van der Waals surface area contributed by atoms with Gasteiger partial charge < -0.3 is 14.9 Å². The summed E-state index contributed by atoms with van der Waals surface area (Å²) >= 11 is 0. The number of carbonyl (C=O) groups is 2. The van der Waals surface area contributed by atoms with Crippen LogP contribution in [0.5, 0.6) is 0 Å².